The Morgan fingerprint density at radius 3 is 2.58 bits per heavy atom. The first-order chi connectivity index (χ1) is 9.02. The molecule has 0 amide bonds. The van der Waals surface area contributed by atoms with Gasteiger partial charge in [0.25, 0.3) is 0 Å². The molecular weight excluding hydrogens is 240 g/mol. The molecule has 0 fully saturated rings. The fourth-order valence-corrected chi connectivity index (χ4v) is 1.89. The lowest BCUT2D eigenvalue weighted by molar-refractivity contribution is 0.103. The van der Waals surface area contributed by atoms with Crippen LogP contribution >= 0.6 is 0 Å². The normalized spacial score (nSPS) is 10.3. The summed E-state index contributed by atoms with van der Waals surface area (Å²) >= 11 is 0. The van der Waals surface area contributed by atoms with E-state index in [1.807, 2.05) is 26.0 Å². The Bertz CT molecular complexity index is 636. The number of hydrogen-bond donors (Lipinski definition) is 1. The van der Waals surface area contributed by atoms with Crippen molar-refractivity contribution < 1.29 is 9.53 Å². The average molecular weight is 256 g/mol. The Hall–Kier alpha value is -2.36. The molecule has 2 aromatic rings. The Balaban J connectivity index is 2.53. The third kappa shape index (κ3) is 2.57. The van der Waals surface area contributed by atoms with E-state index in [1.165, 1.54) is 0 Å². The van der Waals surface area contributed by atoms with E-state index in [-0.39, 0.29) is 11.6 Å². The van der Waals surface area contributed by atoms with Crippen LogP contribution in [0, 0.1) is 13.8 Å². The number of nitrogens with two attached hydrogens (primary N) is 1. The van der Waals surface area contributed by atoms with E-state index in [9.17, 15) is 4.79 Å². The summed E-state index contributed by atoms with van der Waals surface area (Å²) in [7, 11) is 1.55. The molecule has 0 saturated heterocycles. The summed E-state index contributed by atoms with van der Waals surface area (Å²) < 4.78 is 5.26. The summed E-state index contributed by atoms with van der Waals surface area (Å²) in [5.41, 5.74) is 8.60. The Morgan fingerprint density at radius 2 is 1.89 bits per heavy atom. The first-order valence-electron chi connectivity index (χ1n) is 5.94. The van der Waals surface area contributed by atoms with E-state index < -0.39 is 0 Å². The number of rotatable bonds is 3. The molecule has 0 saturated carbocycles. The van der Waals surface area contributed by atoms with E-state index in [2.05, 4.69) is 4.98 Å². The van der Waals surface area contributed by atoms with Crippen LogP contribution in [-0.2, 0) is 0 Å². The second-order valence-electron chi connectivity index (χ2n) is 4.48. The van der Waals surface area contributed by atoms with Crippen molar-refractivity contribution in [3.8, 4) is 5.75 Å². The zero-order valence-corrected chi connectivity index (χ0v) is 11.2. The lowest BCUT2D eigenvalue weighted by Crippen LogP contribution is -2.09. The number of aromatic nitrogens is 1. The summed E-state index contributed by atoms with van der Waals surface area (Å²) in [6, 6.07) is 7.18. The van der Waals surface area contributed by atoms with Gasteiger partial charge in [-0.1, -0.05) is 6.07 Å². The van der Waals surface area contributed by atoms with Gasteiger partial charge < -0.3 is 10.5 Å². The number of methoxy groups -OCH3 is 1. The minimum atomic E-state index is -0.175. The first kappa shape index (κ1) is 13.1. The molecule has 1 heterocycles. The number of carbonyl (C=O) groups is 1. The zero-order chi connectivity index (χ0) is 14.0. The molecule has 98 valence electrons. The van der Waals surface area contributed by atoms with E-state index >= 15 is 0 Å². The van der Waals surface area contributed by atoms with E-state index in [1.54, 1.807) is 25.4 Å². The van der Waals surface area contributed by atoms with Crippen LogP contribution in [0.5, 0.6) is 5.75 Å². The standard InChI is InChI=1S/C15H16N2O2/c1-9-4-5-11(13(7-9)19-3)14(18)12-6-10(2)8-17-15(12)16/h4-8H,1-3H3,(H2,16,17). The van der Waals surface area contributed by atoms with Crippen molar-refractivity contribution in [3.05, 3.63) is 52.7 Å². The molecule has 4 nitrogen and oxygen atoms in total. The van der Waals surface area contributed by atoms with Gasteiger partial charge in [0.1, 0.15) is 11.6 Å². The van der Waals surface area contributed by atoms with Crippen molar-refractivity contribution in [3.63, 3.8) is 0 Å². The summed E-state index contributed by atoms with van der Waals surface area (Å²) in [5, 5.41) is 0. The van der Waals surface area contributed by atoms with Crippen LogP contribution in [0.25, 0.3) is 0 Å². The van der Waals surface area contributed by atoms with Gasteiger partial charge in [-0.2, -0.15) is 0 Å². The molecule has 0 aliphatic heterocycles. The number of ether oxygens (including phenoxy) is 1. The first-order valence-corrected chi connectivity index (χ1v) is 5.94. The van der Waals surface area contributed by atoms with Crippen molar-refractivity contribution in [2.24, 2.45) is 0 Å². The maximum Gasteiger partial charge on any atom is 0.200 e. The third-order valence-electron chi connectivity index (χ3n) is 2.90. The summed E-state index contributed by atoms with van der Waals surface area (Å²) in [5.74, 6) is 0.606. The largest absolute Gasteiger partial charge is 0.496 e. The molecule has 0 atom stereocenters. The predicted molar refractivity (Wildman–Crippen MR) is 74.5 cm³/mol. The van der Waals surface area contributed by atoms with Crippen molar-refractivity contribution in [2.75, 3.05) is 12.8 Å². The molecule has 1 aromatic carbocycles. The van der Waals surface area contributed by atoms with Crippen molar-refractivity contribution in [1.82, 2.24) is 4.98 Å². The summed E-state index contributed by atoms with van der Waals surface area (Å²) in [6.07, 6.45) is 1.64. The highest BCUT2D eigenvalue weighted by atomic mass is 16.5. The number of pyridine rings is 1. The number of nitrogens with zero attached hydrogens (tertiary/aromatic N) is 1. The Kier molecular flexibility index (Phi) is 3.51. The molecule has 19 heavy (non-hydrogen) atoms. The number of benzene rings is 1. The van der Waals surface area contributed by atoms with Crippen LogP contribution in [0.3, 0.4) is 0 Å². The highest BCUT2D eigenvalue weighted by Gasteiger charge is 2.17. The predicted octanol–water partition coefficient (Wildman–Crippen LogP) is 2.52. The Morgan fingerprint density at radius 1 is 1.16 bits per heavy atom. The van der Waals surface area contributed by atoms with Crippen LogP contribution < -0.4 is 10.5 Å². The average Bonchev–Trinajstić information content (AvgIpc) is 2.40. The molecule has 0 aliphatic carbocycles. The maximum absolute atomic E-state index is 12.5. The molecule has 0 spiro atoms. The van der Waals surface area contributed by atoms with Crippen LogP contribution in [0.15, 0.2) is 30.5 Å². The molecule has 0 bridgehead atoms. The fourth-order valence-electron chi connectivity index (χ4n) is 1.89. The maximum atomic E-state index is 12.5. The molecule has 1 aromatic heterocycles. The SMILES string of the molecule is COc1cc(C)ccc1C(=O)c1cc(C)cnc1N. The minimum Gasteiger partial charge on any atom is -0.496 e. The number of nitrogen functional groups attached to an aromatic ring is 1. The van der Waals surface area contributed by atoms with E-state index in [0.29, 0.717) is 16.9 Å². The van der Waals surface area contributed by atoms with Gasteiger partial charge in [-0.3, -0.25) is 4.79 Å². The van der Waals surface area contributed by atoms with Crippen LogP contribution in [0.2, 0.25) is 0 Å². The Labute approximate surface area is 112 Å². The van der Waals surface area contributed by atoms with Crippen molar-refractivity contribution >= 4 is 11.6 Å². The smallest absolute Gasteiger partial charge is 0.200 e. The highest BCUT2D eigenvalue weighted by Crippen LogP contribution is 2.24. The lowest BCUT2D eigenvalue weighted by Gasteiger charge is -2.10. The molecular formula is C15H16N2O2. The van der Waals surface area contributed by atoms with Gasteiger partial charge in [0, 0.05) is 6.20 Å². The minimum absolute atomic E-state index is 0.175. The van der Waals surface area contributed by atoms with Gasteiger partial charge in [0.15, 0.2) is 5.78 Å². The van der Waals surface area contributed by atoms with Gasteiger partial charge in [0.05, 0.1) is 18.2 Å². The van der Waals surface area contributed by atoms with Crippen molar-refractivity contribution in [1.29, 1.82) is 0 Å². The molecule has 2 N–H and O–H groups in total. The van der Waals surface area contributed by atoms with Gasteiger partial charge >= 0.3 is 0 Å². The van der Waals surface area contributed by atoms with Gasteiger partial charge in [-0.25, -0.2) is 4.98 Å². The molecule has 0 unspecified atom stereocenters. The second-order valence-corrected chi connectivity index (χ2v) is 4.48. The number of aryl methyl sites for hydroxylation is 2. The second kappa shape index (κ2) is 5.10. The van der Waals surface area contributed by atoms with E-state index in [0.717, 1.165) is 11.1 Å². The molecule has 2 rings (SSSR count). The fraction of sp³-hybridized carbons (Fsp3) is 0.200. The molecule has 0 aliphatic rings. The van der Waals surface area contributed by atoms with Crippen molar-refractivity contribution in [2.45, 2.75) is 13.8 Å². The van der Waals surface area contributed by atoms with Gasteiger partial charge in [0.2, 0.25) is 0 Å². The topological polar surface area (TPSA) is 65.2 Å². The van der Waals surface area contributed by atoms with Gasteiger partial charge in [-0.05, 0) is 43.2 Å². The van der Waals surface area contributed by atoms with Crippen LogP contribution in [0.1, 0.15) is 27.0 Å². The number of anilines is 1. The number of hydrogen-bond acceptors (Lipinski definition) is 4. The van der Waals surface area contributed by atoms with E-state index in [4.69, 9.17) is 10.5 Å². The highest BCUT2D eigenvalue weighted by molar-refractivity contribution is 6.13. The number of carbonyl (C=O) groups excluding carboxylic acids is 1. The molecule has 0 radical (unpaired) electrons. The lowest BCUT2D eigenvalue weighted by atomic mass is 10.0. The van der Waals surface area contributed by atoms with Crippen LogP contribution in [-0.4, -0.2) is 17.9 Å². The third-order valence-corrected chi connectivity index (χ3v) is 2.90. The van der Waals surface area contributed by atoms with Gasteiger partial charge in [-0.15, -0.1) is 0 Å². The quantitative estimate of drug-likeness (QED) is 0.857. The molecule has 4 heteroatoms. The van der Waals surface area contributed by atoms with Crippen LogP contribution in [0.4, 0.5) is 5.82 Å². The monoisotopic (exact) mass is 256 g/mol. The summed E-state index contributed by atoms with van der Waals surface area (Å²) in [6.45, 7) is 3.81. The number of ketones is 1. The summed E-state index contributed by atoms with van der Waals surface area (Å²) in [4.78, 5) is 16.5. The zero-order valence-electron chi connectivity index (χ0n) is 11.2.